The summed E-state index contributed by atoms with van der Waals surface area (Å²) in [5.74, 6) is 1.50. The first kappa shape index (κ1) is 15.0. The van der Waals surface area contributed by atoms with Gasteiger partial charge in [0.25, 0.3) is 0 Å². The van der Waals surface area contributed by atoms with Crippen LogP contribution in [0.1, 0.15) is 6.42 Å². The van der Waals surface area contributed by atoms with Gasteiger partial charge in [-0.2, -0.15) is 0 Å². The van der Waals surface area contributed by atoms with Gasteiger partial charge in [-0.1, -0.05) is 12.1 Å². The van der Waals surface area contributed by atoms with E-state index in [1.165, 1.54) is 0 Å². The Morgan fingerprint density at radius 1 is 1.23 bits per heavy atom. The molecule has 0 radical (unpaired) electrons. The molecule has 2 amide bonds. The van der Waals surface area contributed by atoms with Crippen molar-refractivity contribution in [2.75, 3.05) is 46.4 Å². The molecule has 120 valence electrons. The van der Waals surface area contributed by atoms with Crippen molar-refractivity contribution in [2.24, 2.45) is 0 Å². The fourth-order valence-electron chi connectivity index (χ4n) is 2.73. The van der Waals surface area contributed by atoms with Gasteiger partial charge in [0.1, 0.15) is 6.61 Å². The summed E-state index contributed by atoms with van der Waals surface area (Å²) in [6.07, 6.45) is 0.869. The van der Waals surface area contributed by atoms with Crippen molar-refractivity contribution in [2.45, 2.75) is 12.5 Å². The van der Waals surface area contributed by atoms with E-state index in [-0.39, 0.29) is 12.1 Å². The first-order valence-electron chi connectivity index (χ1n) is 7.82. The highest BCUT2D eigenvalue weighted by molar-refractivity contribution is 5.74. The summed E-state index contributed by atoms with van der Waals surface area (Å²) in [4.78, 5) is 16.4. The monoisotopic (exact) mass is 305 g/mol. The van der Waals surface area contributed by atoms with Crippen LogP contribution >= 0.6 is 0 Å². The lowest BCUT2D eigenvalue weighted by molar-refractivity contribution is 0.0902. The minimum atomic E-state index is -0.145. The van der Waals surface area contributed by atoms with Gasteiger partial charge in [0.05, 0.1) is 6.54 Å². The molecule has 1 aromatic rings. The number of rotatable bonds is 2. The standard InChI is InChI=1S/C16H23N3O3/c1-18-7-4-8-19(10-9-18)16(20)17-11-13-12-21-14-5-2-3-6-15(14)22-13/h2-3,5-6,13H,4,7-12H2,1H3,(H,17,20)/t13-/m1/s1. The Balaban J connectivity index is 1.47. The number of likely N-dealkylation sites (N-methyl/N-ethyl adjacent to an activating group) is 1. The van der Waals surface area contributed by atoms with Gasteiger partial charge in [-0.05, 0) is 32.1 Å². The minimum absolute atomic E-state index is 0.0160. The van der Waals surface area contributed by atoms with Gasteiger partial charge in [-0.15, -0.1) is 0 Å². The lowest BCUT2D eigenvalue weighted by atomic mass is 10.2. The molecule has 1 saturated heterocycles. The summed E-state index contributed by atoms with van der Waals surface area (Å²) in [7, 11) is 2.09. The maximum Gasteiger partial charge on any atom is 0.317 e. The molecule has 22 heavy (non-hydrogen) atoms. The molecule has 0 aliphatic carbocycles. The van der Waals surface area contributed by atoms with Crippen molar-refractivity contribution in [3.8, 4) is 11.5 Å². The highest BCUT2D eigenvalue weighted by atomic mass is 16.6. The lowest BCUT2D eigenvalue weighted by Crippen LogP contribution is -2.47. The molecular formula is C16H23N3O3. The normalized spacial score (nSPS) is 22.0. The van der Waals surface area contributed by atoms with E-state index in [0.717, 1.165) is 44.1 Å². The molecule has 0 aromatic heterocycles. The van der Waals surface area contributed by atoms with E-state index in [1.807, 2.05) is 29.2 Å². The van der Waals surface area contributed by atoms with Gasteiger partial charge < -0.3 is 24.6 Å². The number of urea groups is 1. The van der Waals surface area contributed by atoms with Gasteiger partial charge in [0.15, 0.2) is 17.6 Å². The van der Waals surface area contributed by atoms with Crippen LogP contribution in [0.2, 0.25) is 0 Å². The fraction of sp³-hybridized carbons (Fsp3) is 0.562. The van der Waals surface area contributed by atoms with E-state index in [1.54, 1.807) is 0 Å². The molecule has 1 N–H and O–H groups in total. The number of amides is 2. The van der Waals surface area contributed by atoms with Crippen molar-refractivity contribution < 1.29 is 14.3 Å². The molecule has 1 atom stereocenters. The number of fused-ring (bicyclic) bond motifs is 1. The van der Waals surface area contributed by atoms with Gasteiger partial charge in [0, 0.05) is 19.6 Å². The van der Waals surface area contributed by atoms with E-state index in [4.69, 9.17) is 9.47 Å². The zero-order valence-electron chi connectivity index (χ0n) is 13.0. The number of nitrogens with one attached hydrogen (secondary N) is 1. The quantitative estimate of drug-likeness (QED) is 0.891. The molecule has 6 heteroatoms. The Morgan fingerprint density at radius 3 is 2.91 bits per heavy atom. The zero-order chi connectivity index (χ0) is 15.4. The third kappa shape index (κ3) is 3.62. The van der Waals surface area contributed by atoms with E-state index in [0.29, 0.717) is 13.2 Å². The zero-order valence-corrected chi connectivity index (χ0v) is 13.0. The summed E-state index contributed by atoms with van der Waals surface area (Å²) < 4.78 is 11.5. The van der Waals surface area contributed by atoms with Crippen LogP contribution in [0.4, 0.5) is 4.79 Å². The largest absolute Gasteiger partial charge is 0.486 e. The number of carbonyl (C=O) groups is 1. The molecule has 2 aliphatic heterocycles. The molecule has 3 rings (SSSR count). The number of ether oxygens (including phenoxy) is 2. The van der Waals surface area contributed by atoms with Gasteiger partial charge in [0.2, 0.25) is 0 Å². The lowest BCUT2D eigenvalue weighted by Gasteiger charge is -2.28. The van der Waals surface area contributed by atoms with Crippen molar-refractivity contribution >= 4 is 6.03 Å². The van der Waals surface area contributed by atoms with Crippen LogP contribution in [-0.4, -0.2) is 68.3 Å². The summed E-state index contributed by atoms with van der Waals surface area (Å²) in [6, 6.07) is 7.58. The average Bonchev–Trinajstić information content (AvgIpc) is 2.77. The maximum atomic E-state index is 12.2. The molecule has 0 bridgehead atoms. The summed E-state index contributed by atoms with van der Waals surface area (Å²) in [5.41, 5.74) is 0. The second-order valence-corrected chi connectivity index (χ2v) is 5.83. The van der Waals surface area contributed by atoms with Crippen LogP contribution in [0.25, 0.3) is 0 Å². The second kappa shape index (κ2) is 6.87. The van der Waals surface area contributed by atoms with Gasteiger partial charge in [-0.25, -0.2) is 4.79 Å². The van der Waals surface area contributed by atoms with Crippen LogP contribution in [0.5, 0.6) is 11.5 Å². The van der Waals surface area contributed by atoms with Crippen LogP contribution in [0, 0.1) is 0 Å². The Bertz CT molecular complexity index is 523. The summed E-state index contributed by atoms with van der Waals surface area (Å²) in [5, 5.41) is 2.96. The van der Waals surface area contributed by atoms with Crippen LogP contribution < -0.4 is 14.8 Å². The predicted molar refractivity (Wildman–Crippen MR) is 83.4 cm³/mol. The fourth-order valence-corrected chi connectivity index (χ4v) is 2.73. The smallest absolute Gasteiger partial charge is 0.317 e. The molecule has 1 fully saturated rings. The van der Waals surface area contributed by atoms with E-state index >= 15 is 0 Å². The molecule has 0 saturated carbocycles. The maximum absolute atomic E-state index is 12.2. The first-order chi connectivity index (χ1) is 10.7. The van der Waals surface area contributed by atoms with Crippen molar-refractivity contribution in [3.05, 3.63) is 24.3 Å². The highest BCUT2D eigenvalue weighted by Gasteiger charge is 2.23. The molecule has 1 aromatic carbocycles. The van der Waals surface area contributed by atoms with Gasteiger partial charge in [-0.3, -0.25) is 0 Å². The topological polar surface area (TPSA) is 54.0 Å². The van der Waals surface area contributed by atoms with E-state index < -0.39 is 0 Å². The summed E-state index contributed by atoms with van der Waals surface area (Å²) >= 11 is 0. The van der Waals surface area contributed by atoms with Crippen molar-refractivity contribution in [1.82, 2.24) is 15.1 Å². The Labute approximate surface area is 131 Å². The van der Waals surface area contributed by atoms with Gasteiger partial charge >= 0.3 is 6.03 Å². The third-order valence-electron chi connectivity index (χ3n) is 4.06. The van der Waals surface area contributed by atoms with Crippen molar-refractivity contribution in [3.63, 3.8) is 0 Å². The van der Waals surface area contributed by atoms with Crippen LogP contribution in [0.3, 0.4) is 0 Å². The molecule has 6 nitrogen and oxygen atoms in total. The predicted octanol–water partition coefficient (Wildman–Crippen LogP) is 1.17. The number of para-hydroxylation sites is 2. The molecule has 0 unspecified atom stereocenters. The number of hydrogen-bond donors (Lipinski definition) is 1. The molecule has 2 heterocycles. The minimum Gasteiger partial charge on any atom is -0.486 e. The Hall–Kier alpha value is -1.95. The average molecular weight is 305 g/mol. The number of carbonyl (C=O) groups excluding carboxylic acids is 1. The summed E-state index contributed by atoms with van der Waals surface area (Å²) in [6.45, 7) is 4.46. The Kier molecular flexibility index (Phi) is 4.68. The highest BCUT2D eigenvalue weighted by Crippen LogP contribution is 2.30. The van der Waals surface area contributed by atoms with E-state index in [9.17, 15) is 4.79 Å². The molecular weight excluding hydrogens is 282 g/mol. The molecule has 2 aliphatic rings. The van der Waals surface area contributed by atoms with Crippen molar-refractivity contribution in [1.29, 1.82) is 0 Å². The first-order valence-corrected chi connectivity index (χ1v) is 7.82. The SMILES string of the molecule is CN1CCCN(C(=O)NC[C@@H]2COc3ccccc3O2)CC1. The number of nitrogens with zero attached hydrogens (tertiary/aromatic N) is 2. The van der Waals surface area contributed by atoms with Crippen LogP contribution in [0.15, 0.2) is 24.3 Å². The molecule has 0 spiro atoms. The number of benzene rings is 1. The van der Waals surface area contributed by atoms with E-state index in [2.05, 4.69) is 17.3 Å². The Morgan fingerprint density at radius 2 is 2.05 bits per heavy atom. The third-order valence-corrected chi connectivity index (χ3v) is 4.06. The second-order valence-electron chi connectivity index (χ2n) is 5.83. The number of hydrogen-bond acceptors (Lipinski definition) is 4. The van der Waals surface area contributed by atoms with Crippen LogP contribution in [-0.2, 0) is 0 Å².